The lowest BCUT2D eigenvalue weighted by Gasteiger charge is -2.28. The van der Waals surface area contributed by atoms with Crippen LogP contribution in [0.5, 0.6) is 0 Å². The van der Waals surface area contributed by atoms with Gasteiger partial charge >= 0.3 is 0 Å². The van der Waals surface area contributed by atoms with Gasteiger partial charge in [0.2, 0.25) is 5.91 Å². The Bertz CT molecular complexity index is 225. The molecule has 1 fully saturated rings. The van der Waals surface area contributed by atoms with Gasteiger partial charge in [-0.15, -0.1) is 0 Å². The summed E-state index contributed by atoms with van der Waals surface area (Å²) >= 11 is 0. The van der Waals surface area contributed by atoms with Crippen LogP contribution in [0.4, 0.5) is 0 Å². The van der Waals surface area contributed by atoms with Crippen molar-refractivity contribution >= 4 is 5.91 Å². The molecule has 0 aliphatic carbocycles. The molecule has 0 aromatic carbocycles. The Balaban J connectivity index is 2.19. The maximum atomic E-state index is 11.6. The minimum absolute atomic E-state index is 0.0759. The fourth-order valence-electron chi connectivity index (χ4n) is 1.51. The van der Waals surface area contributed by atoms with Crippen molar-refractivity contribution in [2.24, 2.45) is 0 Å². The van der Waals surface area contributed by atoms with E-state index in [1.807, 2.05) is 13.8 Å². The number of piperazine rings is 1. The van der Waals surface area contributed by atoms with E-state index in [0.29, 0.717) is 13.1 Å². The van der Waals surface area contributed by atoms with Crippen LogP contribution in [0.25, 0.3) is 0 Å². The summed E-state index contributed by atoms with van der Waals surface area (Å²) in [7, 11) is 1.66. The molecule has 1 aliphatic rings. The molecule has 0 bridgehead atoms. The molecule has 0 atom stereocenters. The monoisotopic (exact) mass is 229 g/mol. The zero-order valence-electron chi connectivity index (χ0n) is 10.5. The van der Waals surface area contributed by atoms with E-state index >= 15 is 0 Å². The van der Waals surface area contributed by atoms with Crippen molar-refractivity contribution in [3.05, 3.63) is 0 Å². The summed E-state index contributed by atoms with van der Waals surface area (Å²) in [5.41, 5.74) is -0.293. The van der Waals surface area contributed by atoms with E-state index in [1.165, 1.54) is 0 Å². The molecule has 1 rings (SSSR count). The van der Waals surface area contributed by atoms with Gasteiger partial charge in [-0.25, -0.2) is 0 Å². The first-order chi connectivity index (χ1) is 7.53. The number of ether oxygens (including phenoxy) is 1. The highest BCUT2D eigenvalue weighted by atomic mass is 16.5. The Morgan fingerprint density at radius 1 is 1.44 bits per heavy atom. The third kappa shape index (κ3) is 4.92. The summed E-state index contributed by atoms with van der Waals surface area (Å²) in [6.45, 7) is 8.78. The minimum Gasteiger partial charge on any atom is -0.377 e. The summed E-state index contributed by atoms with van der Waals surface area (Å²) in [6, 6.07) is 0. The third-order valence-electron chi connectivity index (χ3n) is 2.84. The van der Waals surface area contributed by atoms with Crippen molar-refractivity contribution in [2.75, 3.05) is 46.4 Å². The molecule has 5 nitrogen and oxygen atoms in total. The first kappa shape index (κ1) is 13.4. The van der Waals surface area contributed by atoms with Gasteiger partial charge in [-0.1, -0.05) is 0 Å². The smallest absolute Gasteiger partial charge is 0.234 e. The quantitative estimate of drug-likeness (QED) is 0.663. The molecule has 2 N–H and O–H groups in total. The Hall–Kier alpha value is -0.650. The average Bonchev–Trinajstić information content (AvgIpc) is 2.28. The van der Waals surface area contributed by atoms with Crippen LogP contribution >= 0.6 is 0 Å². The van der Waals surface area contributed by atoms with Gasteiger partial charge in [-0.05, 0) is 13.8 Å². The number of amides is 1. The Morgan fingerprint density at radius 3 is 2.62 bits per heavy atom. The van der Waals surface area contributed by atoms with Crippen LogP contribution in [0.2, 0.25) is 0 Å². The zero-order chi connectivity index (χ0) is 12.0. The van der Waals surface area contributed by atoms with Crippen LogP contribution in [-0.2, 0) is 9.53 Å². The van der Waals surface area contributed by atoms with Crippen molar-refractivity contribution in [3.8, 4) is 0 Å². The normalized spacial score (nSPS) is 18.4. The highest BCUT2D eigenvalue weighted by Gasteiger charge is 2.18. The number of hydrogen-bond donors (Lipinski definition) is 2. The van der Waals surface area contributed by atoms with Crippen molar-refractivity contribution < 1.29 is 9.53 Å². The molecule has 1 aliphatic heterocycles. The van der Waals surface area contributed by atoms with E-state index < -0.39 is 0 Å². The summed E-state index contributed by atoms with van der Waals surface area (Å²) in [5.74, 6) is 0.0759. The second-order valence-corrected chi connectivity index (χ2v) is 4.77. The molecule has 0 radical (unpaired) electrons. The Kier molecular flexibility index (Phi) is 5.18. The molecular formula is C11H23N3O2. The van der Waals surface area contributed by atoms with Crippen LogP contribution in [0, 0.1) is 0 Å². The molecule has 0 aromatic heterocycles. The number of hydrogen-bond acceptors (Lipinski definition) is 4. The molecule has 1 heterocycles. The lowest BCUT2D eigenvalue weighted by Crippen LogP contribution is -2.49. The molecule has 94 valence electrons. The van der Waals surface area contributed by atoms with E-state index in [0.717, 1.165) is 26.2 Å². The molecule has 0 aromatic rings. The molecule has 16 heavy (non-hydrogen) atoms. The first-order valence-corrected chi connectivity index (χ1v) is 5.78. The molecule has 0 spiro atoms. The molecule has 5 heteroatoms. The molecule has 1 amide bonds. The van der Waals surface area contributed by atoms with E-state index in [9.17, 15) is 4.79 Å². The van der Waals surface area contributed by atoms with E-state index in [-0.39, 0.29) is 11.5 Å². The molecule has 0 saturated carbocycles. The maximum Gasteiger partial charge on any atom is 0.234 e. The lowest BCUT2D eigenvalue weighted by atomic mass is 10.1. The number of nitrogens with one attached hydrogen (secondary N) is 2. The maximum absolute atomic E-state index is 11.6. The highest BCUT2D eigenvalue weighted by molar-refractivity contribution is 5.78. The van der Waals surface area contributed by atoms with Gasteiger partial charge in [0.25, 0.3) is 0 Å². The van der Waals surface area contributed by atoms with E-state index in [2.05, 4.69) is 15.5 Å². The summed E-state index contributed by atoms with van der Waals surface area (Å²) < 4.78 is 5.24. The van der Waals surface area contributed by atoms with Gasteiger partial charge in [-0.2, -0.15) is 0 Å². The largest absolute Gasteiger partial charge is 0.377 e. The average molecular weight is 229 g/mol. The fourth-order valence-corrected chi connectivity index (χ4v) is 1.51. The van der Waals surface area contributed by atoms with E-state index in [4.69, 9.17) is 4.74 Å². The summed E-state index contributed by atoms with van der Waals surface area (Å²) in [6.07, 6.45) is 0. The number of rotatable bonds is 5. The first-order valence-electron chi connectivity index (χ1n) is 5.78. The van der Waals surface area contributed by atoms with Gasteiger partial charge in [-0.3, -0.25) is 9.69 Å². The third-order valence-corrected chi connectivity index (χ3v) is 2.84. The Labute approximate surface area is 97.5 Å². The van der Waals surface area contributed by atoms with Crippen LogP contribution in [0.1, 0.15) is 13.8 Å². The van der Waals surface area contributed by atoms with Gasteiger partial charge in [0, 0.05) is 39.8 Å². The van der Waals surface area contributed by atoms with Crippen molar-refractivity contribution in [1.82, 2.24) is 15.5 Å². The summed E-state index contributed by atoms with van der Waals surface area (Å²) in [4.78, 5) is 13.8. The van der Waals surface area contributed by atoms with Crippen LogP contribution in [0.15, 0.2) is 0 Å². The molecule has 0 unspecified atom stereocenters. The van der Waals surface area contributed by atoms with Gasteiger partial charge in [0.1, 0.15) is 0 Å². The molecular weight excluding hydrogens is 206 g/mol. The number of carbonyl (C=O) groups is 1. The fraction of sp³-hybridized carbons (Fsp3) is 0.909. The predicted molar refractivity (Wildman–Crippen MR) is 63.4 cm³/mol. The molecule has 1 saturated heterocycles. The second-order valence-electron chi connectivity index (χ2n) is 4.77. The van der Waals surface area contributed by atoms with Gasteiger partial charge in [0.15, 0.2) is 0 Å². The number of carbonyl (C=O) groups excluding carboxylic acids is 1. The number of nitrogens with zero attached hydrogens (tertiary/aromatic N) is 1. The van der Waals surface area contributed by atoms with Crippen molar-refractivity contribution in [2.45, 2.75) is 19.4 Å². The zero-order valence-corrected chi connectivity index (χ0v) is 10.5. The minimum atomic E-state index is -0.293. The SMILES string of the molecule is COC(C)(C)CNC(=O)CN1CCNCC1. The van der Waals surface area contributed by atoms with Gasteiger partial charge < -0.3 is 15.4 Å². The van der Waals surface area contributed by atoms with Crippen LogP contribution < -0.4 is 10.6 Å². The van der Waals surface area contributed by atoms with Crippen LogP contribution in [-0.4, -0.2) is 62.8 Å². The predicted octanol–water partition coefficient (Wildman–Crippen LogP) is -0.567. The topological polar surface area (TPSA) is 53.6 Å². The van der Waals surface area contributed by atoms with Crippen LogP contribution in [0.3, 0.4) is 0 Å². The van der Waals surface area contributed by atoms with Crippen molar-refractivity contribution in [3.63, 3.8) is 0 Å². The highest BCUT2D eigenvalue weighted by Crippen LogP contribution is 2.04. The Morgan fingerprint density at radius 2 is 2.06 bits per heavy atom. The second kappa shape index (κ2) is 6.18. The standard InChI is InChI=1S/C11H23N3O2/c1-11(2,16-3)9-13-10(15)8-14-6-4-12-5-7-14/h12H,4-9H2,1-3H3,(H,13,15). The van der Waals surface area contributed by atoms with E-state index in [1.54, 1.807) is 7.11 Å². The lowest BCUT2D eigenvalue weighted by molar-refractivity contribution is -0.123. The number of methoxy groups -OCH3 is 1. The van der Waals surface area contributed by atoms with Crippen molar-refractivity contribution in [1.29, 1.82) is 0 Å². The van der Waals surface area contributed by atoms with Gasteiger partial charge in [0.05, 0.1) is 12.1 Å². The summed E-state index contributed by atoms with van der Waals surface area (Å²) in [5, 5.41) is 6.16.